The minimum Gasteiger partial charge on any atom is -0.338 e. The minimum atomic E-state index is -0.560. The highest BCUT2D eigenvalue weighted by atomic mass is 16.5. The van der Waals surface area contributed by atoms with E-state index in [0.29, 0.717) is 5.88 Å². The number of nitrogens with zero attached hydrogens (tertiary/aromatic N) is 2. The molecule has 106 valence electrons. The second kappa shape index (κ2) is 5.30. The van der Waals surface area contributed by atoms with Gasteiger partial charge in [-0.25, -0.2) is 0 Å². The van der Waals surface area contributed by atoms with Crippen LogP contribution in [0.5, 0.6) is 0 Å². The molecule has 19 heavy (non-hydrogen) atoms. The second-order valence-electron chi connectivity index (χ2n) is 5.47. The average Bonchev–Trinajstić information content (AvgIpc) is 2.71. The molecule has 1 amide bonds. The molecule has 2 heterocycles. The van der Waals surface area contributed by atoms with Gasteiger partial charge < -0.3 is 9.84 Å². The molecule has 0 spiro atoms. The molecule has 1 aliphatic heterocycles. The predicted molar refractivity (Wildman–Crippen MR) is 73.1 cm³/mol. The predicted octanol–water partition coefficient (Wildman–Crippen LogP) is 0.914. The van der Waals surface area contributed by atoms with Crippen LogP contribution in [0.2, 0.25) is 0 Å². The molecule has 0 aliphatic carbocycles. The van der Waals surface area contributed by atoms with Crippen molar-refractivity contribution in [1.82, 2.24) is 15.4 Å². The number of amides is 1. The lowest BCUT2D eigenvalue weighted by Gasteiger charge is -2.39. The van der Waals surface area contributed by atoms with E-state index in [0.717, 1.165) is 37.4 Å². The highest BCUT2D eigenvalue weighted by Gasteiger charge is 2.35. The Bertz CT molecular complexity index is 461. The number of nitrogens with one attached hydrogen (secondary N) is 2. The summed E-state index contributed by atoms with van der Waals surface area (Å²) in [5, 5.41) is 9.97. The maximum atomic E-state index is 12.4. The van der Waals surface area contributed by atoms with E-state index in [4.69, 9.17) is 4.52 Å². The summed E-state index contributed by atoms with van der Waals surface area (Å²) in [6, 6.07) is 0. The van der Waals surface area contributed by atoms with Gasteiger partial charge in [0.25, 0.3) is 0 Å². The Morgan fingerprint density at radius 1 is 1.37 bits per heavy atom. The Balaban J connectivity index is 2.07. The first-order valence-corrected chi connectivity index (χ1v) is 6.63. The third-order valence-corrected chi connectivity index (χ3v) is 3.85. The maximum Gasteiger partial charge on any atom is 0.246 e. The SMILES string of the molecule is Cc1noc(NC(=O)C(C)(C)N2CCNCC2)c1C. The van der Waals surface area contributed by atoms with Crippen molar-refractivity contribution in [3.05, 3.63) is 11.3 Å². The van der Waals surface area contributed by atoms with Gasteiger partial charge in [0.1, 0.15) is 0 Å². The Labute approximate surface area is 113 Å². The van der Waals surface area contributed by atoms with Gasteiger partial charge in [0, 0.05) is 31.7 Å². The van der Waals surface area contributed by atoms with Crippen LogP contribution in [0.4, 0.5) is 5.88 Å². The number of aryl methyl sites for hydroxylation is 1. The number of hydrogen-bond acceptors (Lipinski definition) is 5. The van der Waals surface area contributed by atoms with Crippen molar-refractivity contribution in [3.8, 4) is 0 Å². The van der Waals surface area contributed by atoms with E-state index in [1.165, 1.54) is 0 Å². The number of aromatic nitrogens is 1. The second-order valence-corrected chi connectivity index (χ2v) is 5.47. The molecule has 1 aliphatic rings. The third kappa shape index (κ3) is 2.79. The van der Waals surface area contributed by atoms with E-state index in [9.17, 15) is 4.79 Å². The normalized spacial score (nSPS) is 17.5. The molecule has 2 rings (SSSR count). The summed E-state index contributed by atoms with van der Waals surface area (Å²) in [4.78, 5) is 14.6. The van der Waals surface area contributed by atoms with Gasteiger partial charge in [-0.05, 0) is 27.7 Å². The fourth-order valence-corrected chi connectivity index (χ4v) is 2.16. The van der Waals surface area contributed by atoms with Crippen molar-refractivity contribution in [2.75, 3.05) is 31.5 Å². The van der Waals surface area contributed by atoms with Gasteiger partial charge in [-0.3, -0.25) is 15.0 Å². The highest BCUT2D eigenvalue weighted by molar-refractivity contribution is 5.97. The molecule has 1 aromatic rings. The largest absolute Gasteiger partial charge is 0.338 e. The summed E-state index contributed by atoms with van der Waals surface area (Å²) in [7, 11) is 0. The van der Waals surface area contributed by atoms with Gasteiger partial charge in [0.15, 0.2) is 0 Å². The summed E-state index contributed by atoms with van der Waals surface area (Å²) in [5.41, 5.74) is 1.12. The lowest BCUT2D eigenvalue weighted by molar-refractivity contribution is -0.126. The number of piperazine rings is 1. The van der Waals surface area contributed by atoms with Gasteiger partial charge in [-0.2, -0.15) is 0 Å². The first-order valence-electron chi connectivity index (χ1n) is 6.63. The summed E-state index contributed by atoms with van der Waals surface area (Å²) in [6.45, 7) is 11.2. The fourth-order valence-electron chi connectivity index (χ4n) is 2.16. The van der Waals surface area contributed by atoms with Gasteiger partial charge in [0.05, 0.1) is 11.2 Å². The number of rotatable bonds is 3. The number of carbonyl (C=O) groups is 1. The molecule has 6 heteroatoms. The van der Waals surface area contributed by atoms with E-state index in [2.05, 4.69) is 20.7 Å². The molecule has 1 fully saturated rings. The lowest BCUT2D eigenvalue weighted by Crippen LogP contribution is -2.58. The molecule has 0 atom stereocenters. The van der Waals surface area contributed by atoms with Crippen molar-refractivity contribution in [1.29, 1.82) is 0 Å². The van der Waals surface area contributed by atoms with Crippen molar-refractivity contribution >= 4 is 11.8 Å². The van der Waals surface area contributed by atoms with Crippen LogP contribution in [0.25, 0.3) is 0 Å². The van der Waals surface area contributed by atoms with E-state index in [1.54, 1.807) is 0 Å². The molecule has 6 nitrogen and oxygen atoms in total. The van der Waals surface area contributed by atoms with Crippen LogP contribution in [0.3, 0.4) is 0 Å². The molecule has 1 saturated heterocycles. The Hall–Kier alpha value is -1.40. The molecule has 0 saturated carbocycles. The number of hydrogen-bond donors (Lipinski definition) is 2. The molecule has 0 bridgehead atoms. The Morgan fingerprint density at radius 3 is 2.53 bits per heavy atom. The zero-order valence-corrected chi connectivity index (χ0v) is 12.0. The lowest BCUT2D eigenvalue weighted by atomic mass is 10.0. The van der Waals surface area contributed by atoms with Crippen molar-refractivity contribution in [2.24, 2.45) is 0 Å². The van der Waals surface area contributed by atoms with Crippen molar-refractivity contribution < 1.29 is 9.32 Å². The van der Waals surface area contributed by atoms with Gasteiger partial charge in [-0.15, -0.1) is 0 Å². The molecule has 0 unspecified atom stereocenters. The van der Waals surface area contributed by atoms with Crippen LogP contribution in [0, 0.1) is 13.8 Å². The summed E-state index contributed by atoms with van der Waals surface area (Å²) in [6.07, 6.45) is 0. The maximum absolute atomic E-state index is 12.4. The molecule has 0 aromatic carbocycles. The average molecular weight is 266 g/mol. The highest BCUT2D eigenvalue weighted by Crippen LogP contribution is 2.21. The van der Waals surface area contributed by atoms with E-state index in [1.807, 2.05) is 27.7 Å². The quantitative estimate of drug-likeness (QED) is 0.851. The minimum absolute atomic E-state index is 0.0614. The third-order valence-electron chi connectivity index (χ3n) is 3.85. The monoisotopic (exact) mass is 266 g/mol. The van der Waals surface area contributed by atoms with Crippen LogP contribution in [0.1, 0.15) is 25.1 Å². The summed E-state index contributed by atoms with van der Waals surface area (Å²) < 4.78 is 5.14. The number of carbonyl (C=O) groups excluding carboxylic acids is 1. The van der Waals surface area contributed by atoms with Crippen LogP contribution >= 0.6 is 0 Å². The fraction of sp³-hybridized carbons (Fsp3) is 0.692. The molecular weight excluding hydrogens is 244 g/mol. The van der Waals surface area contributed by atoms with E-state index >= 15 is 0 Å². The van der Waals surface area contributed by atoms with Gasteiger partial charge in [0.2, 0.25) is 11.8 Å². The van der Waals surface area contributed by atoms with E-state index in [-0.39, 0.29) is 5.91 Å². The molecule has 1 aromatic heterocycles. The standard InChI is InChI=1S/C13H22N4O2/c1-9-10(2)16-19-11(9)15-12(18)13(3,4)17-7-5-14-6-8-17/h14H,5-8H2,1-4H3,(H,15,18). The van der Waals surface area contributed by atoms with Crippen LogP contribution in [-0.2, 0) is 4.79 Å². The van der Waals surface area contributed by atoms with Crippen LogP contribution in [0.15, 0.2) is 4.52 Å². The molecular formula is C13H22N4O2. The first-order chi connectivity index (χ1) is 8.93. The van der Waals surface area contributed by atoms with Gasteiger partial charge >= 0.3 is 0 Å². The topological polar surface area (TPSA) is 70.4 Å². The summed E-state index contributed by atoms with van der Waals surface area (Å²) >= 11 is 0. The Kier molecular flexibility index (Phi) is 3.91. The van der Waals surface area contributed by atoms with Crippen LogP contribution < -0.4 is 10.6 Å². The van der Waals surface area contributed by atoms with Crippen LogP contribution in [-0.4, -0.2) is 47.7 Å². The zero-order valence-electron chi connectivity index (χ0n) is 12.0. The number of anilines is 1. The molecule has 0 radical (unpaired) electrons. The van der Waals surface area contributed by atoms with Crippen molar-refractivity contribution in [2.45, 2.75) is 33.2 Å². The molecule has 2 N–H and O–H groups in total. The smallest absolute Gasteiger partial charge is 0.246 e. The van der Waals surface area contributed by atoms with Gasteiger partial charge in [-0.1, -0.05) is 5.16 Å². The summed E-state index contributed by atoms with van der Waals surface area (Å²) in [5.74, 6) is 0.388. The van der Waals surface area contributed by atoms with E-state index < -0.39 is 5.54 Å². The Morgan fingerprint density at radius 2 is 2.00 bits per heavy atom. The zero-order chi connectivity index (χ0) is 14.0. The van der Waals surface area contributed by atoms with Crippen molar-refractivity contribution in [3.63, 3.8) is 0 Å². The first kappa shape index (κ1) is 14.0.